The largest absolute Gasteiger partial charge is 0.497 e. The molecule has 2 unspecified atom stereocenters. The first kappa shape index (κ1) is 16.5. The third kappa shape index (κ3) is 3.26. The molecular formula is C18H20ClN3O2. The van der Waals surface area contributed by atoms with Gasteiger partial charge in [-0.2, -0.15) is 0 Å². The molecule has 0 saturated carbocycles. The summed E-state index contributed by atoms with van der Waals surface area (Å²) in [4.78, 5) is 4.54. The zero-order valence-electron chi connectivity index (χ0n) is 13.6. The van der Waals surface area contributed by atoms with Crippen LogP contribution in [-0.2, 0) is 0 Å². The van der Waals surface area contributed by atoms with Crippen LogP contribution in [0.4, 0.5) is 0 Å². The van der Waals surface area contributed by atoms with Crippen LogP contribution in [0.3, 0.4) is 0 Å². The summed E-state index contributed by atoms with van der Waals surface area (Å²) in [5.74, 6) is 1.87. The number of nitrogens with zero attached hydrogens (tertiary/aromatic N) is 1. The molecule has 0 spiro atoms. The number of benzene rings is 2. The predicted octanol–water partition coefficient (Wildman–Crippen LogP) is 3.45. The van der Waals surface area contributed by atoms with Crippen molar-refractivity contribution in [2.45, 2.75) is 18.5 Å². The summed E-state index contributed by atoms with van der Waals surface area (Å²) < 4.78 is 10.8. The minimum atomic E-state index is -0.117. The van der Waals surface area contributed by atoms with E-state index in [2.05, 4.69) is 10.3 Å². The van der Waals surface area contributed by atoms with Gasteiger partial charge >= 0.3 is 0 Å². The first-order valence-corrected chi connectivity index (χ1v) is 8.06. The maximum atomic E-state index is 6.34. The van der Waals surface area contributed by atoms with Crippen LogP contribution < -0.4 is 20.5 Å². The molecule has 1 heterocycles. The van der Waals surface area contributed by atoms with Gasteiger partial charge in [-0.15, -0.1) is 0 Å². The van der Waals surface area contributed by atoms with E-state index in [9.17, 15) is 0 Å². The van der Waals surface area contributed by atoms with Gasteiger partial charge in [-0.25, -0.2) is 4.99 Å². The Morgan fingerprint density at radius 2 is 1.92 bits per heavy atom. The molecule has 2 aromatic rings. The number of halogens is 1. The zero-order valence-corrected chi connectivity index (χ0v) is 14.4. The molecule has 0 radical (unpaired) electrons. The fraction of sp³-hybridized carbons (Fsp3) is 0.278. The lowest BCUT2D eigenvalue weighted by molar-refractivity contribution is 0.383. The summed E-state index contributed by atoms with van der Waals surface area (Å²) in [5, 5.41) is 3.92. The van der Waals surface area contributed by atoms with Crippen LogP contribution in [0, 0.1) is 0 Å². The van der Waals surface area contributed by atoms with Crippen molar-refractivity contribution in [3.8, 4) is 11.5 Å². The number of nitrogens with two attached hydrogens (primary N) is 1. The number of ether oxygens (including phenoxy) is 2. The van der Waals surface area contributed by atoms with Crippen molar-refractivity contribution in [1.82, 2.24) is 5.32 Å². The van der Waals surface area contributed by atoms with E-state index in [0.717, 1.165) is 29.0 Å². The van der Waals surface area contributed by atoms with Crippen molar-refractivity contribution in [2.24, 2.45) is 10.7 Å². The Hall–Kier alpha value is -2.40. The van der Waals surface area contributed by atoms with Crippen molar-refractivity contribution < 1.29 is 9.47 Å². The van der Waals surface area contributed by atoms with Crippen LogP contribution in [0.1, 0.15) is 29.6 Å². The third-order valence-corrected chi connectivity index (χ3v) is 4.50. The first-order valence-electron chi connectivity index (χ1n) is 7.68. The molecular weight excluding hydrogens is 326 g/mol. The second kappa shape index (κ2) is 7.01. The first-order chi connectivity index (χ1) is 11.6. The molecule has 3 N–H and O–H groups in total. The van der Waals surface area contributed by atoms with Gasteiger partial charge in [0.1, 0.15) is 11.5 Å². The van der Waals surface area contributed by atoms with Gasteiger partial charge in [0.25, 0.3) is 0 Å². The van der Waals surface area contributed by atoms with Crippen molar-refractivity contribution in [3.05, 3.63) is 58.6 Å². The standard InChI is InChI=1S/C18H20ClN3O2/c1-23-11-7-8-13(17(9-11)24-2)16-10-15(21-18(20)22-16)12-5-3-4-6-14(12)19/h3-9,15-16H,10H2,1-2H3,(H3,20,21,22). The fourth-order valence-electron chi connectivity index (χ4n) is 2.97. The highest BCUT2D eigenvalue weighted by Crippen LogP contribution is 2.39. The zero-order chi connectivity index (χ0) is 17.1. The maximum absolute atomic E-state index is 6.34. The van der Waals surface area contributed by atoms with Gasteiger partial charge in [0.2, 0.25) is 0 Å². The summed E-state index contributed by atoms with van der Waals surface area (Å²) in [5.41, 5.74) is 8.00. The average Bonchev–Trinajstić information content (AvgIpc) is 2.61. The SMILES string of the molecule is COc1ccc(C2CC(c3ccccc3Cl)NC(N)=N2)c(OC)c1. The smallest absolute Gasteiger partial charge is 0.189 e. The highest BCUT2D eigenvalue weighted by molar-refractivity contribution is 6.31. The van der Waals surface area contributed by atoms with Crippen molar-refractivity contribution in [1.29, 1.82) is 0 Å². The molecule has 0 fully saturated rings. The van der Waals surface area contributed by atoms with Gasteiger partial charge in [0.05, 0.1) is 26.3 Å². The van der Waals surface area contributed by atoms with E-state index in [1.165, 1.54) is 0 Å². The van der Waals surface area contributed by atoms with Gasteiger partial charge in [-0.3, -0.25) is 0 Å². The second-order valence-corrected chi connectivity index (χ2v) is 6.00. The molecule has 1 aliphatic rings. The van der Waals surface area contributed by atoms with Crippen LogP contribution in [0.25, 0.3) is 0 Å². The topological polar surface area (TPSA) is 68.9 Å². The van der Waals surface area contributed by atoms with E-state index in [0.29, 0.717) is 11.0 Å². The molecule has 0 bridgehead atoms. The number of rotatable bonds is 4. The number of methoxy groups -OCH3 is 2. The molecule has 24 heavy (non-hydrogen) atoms. The number of hydrogen-bond acceptors (Lipinski definition) is 5. The van der Waals surface area contributed by atoms with Crippen LogP contribution in [0.15, 0.2) is 47.5 Å². The third-order valence-electron chi connectivity index (χ3n) is 4.16. The molecule has 0 saturated heterocycles. The van der Waals surface area contributed by atoms with Crippen LogP contribution in [-0.4, -0.2) is 20.2 Å². The summed E-state index contributed by atoms with van der Waals surface area (Å²) in [7, 11) is 3.26. The summed E-state index contributed by atoms with van der Waals surface area (Å²) >= 11 is 6.34. The Morgan fingerprint density at radius 3 is 2.62 bits per heavy atom. The Morgan fingerprint density at radius 1 is 1.12 bits per heavy atom. The Labute approximate surface area is 146 Å². The fourth-order valence-corrected chi connectivity index (χ4v) is 3.24. The monoisotopic (exact) mass is 345 g/mol. The number of hydrogen-bond donors (Lipinski definition) is 2. The van der Waals surface area contributed by atoms with Crippen LogP contribution in [0.2, 0.25) is 5.02 Å². The Balaban J connectivity index is 1.94. The molecule has 0 aromatic heterocycles. The Bertz CT molecular complexity index is 764. The van der Waals surface area contributed by atoms with Crippen LogP contribution in [0.5, 0.6) is 11.5 Å². The van der Waals surface area contributed by atoms with E-state index in [1.54, 1.807) is 14.2 Å². The van der Waals surface area contributed by atoms with E-state index in [1.807, 2.05) is 42.5 Å². The van der Waals surface area contributed by atoms with Gasteiger partial charge in [-0.05, 0) is 30.2 Å². The molecule has 0 amide bonds. The second-order valence-electron chi connectivity index (χ2n) is 5.59. The van der Waals surface area contributed by atoms with E-state index in [4.69, 9.17) is 26.8 Å². The minimum Gasteiger partial charge on any atom is -0.497 e. The lowest BCUT2D eigenvalue weighted by Crippen LogP contribution is -2.39. The molecule has 5 nitrogen and oxygen atoms in total. The minimum absolute atomic E-state index is 0.00647. The Kier molecular flexibility index (Phi) is 4.81. The van der Waals surface area contributed by atoms with Gasteiger partial charge < -0.3 is 20.5 Å². The lowest BCUT2D eigenvalue weighted by Gasteiger charge is -2.30. The van der Waals surface area contributed by atoms with Crippen molar-refractivity contribution in [3.63, 3.8) is 0 Å². The highest BCUT2D eigenvalue weighted by atomic mass is 35.5. The molecule has 126 valence electrons. The maximum Gasteiger partial charge on any atom is 0.189 e. The molecule has 2 atom stereocenters. The molecule has 2 aromatic carbocycles. The lowest BCUT2D eigenvalue weighted by atomic mass is 9.93. The normalized spacial score (nSPS) is 20.0. The van der Waals surface area contributed by atoms with Gasteiger partial charge in [0, 0.05) is 16.7 Å². The van der Waals surface area contributed by atoms with Gasteiger partial charge in [0.15, 0.2) is 5.96 Å². The van der Waals surface area contributed by atoms with Crippen molar-refractivity contribution >= 4 is 17.6 Å². The number of aliphatic imine (C=N–C) groups is 1. The summed E-state index contributed by atoms with van der Waals surface area (Å²) in [6.45, 7) is 0. The van der Waals surface area contributed by atoms with E-state index < -0.39 is 0 Å². The van der Waals surface area contributed by atoms with Crippen molar-refractivity contribution in [2.75, 3.05) is 14.2 Å². The molecule has 0 aliphatic carbocycles. The highest BCUT2D eigenvalue weighted by Gasteiger charge is 2.27. The summed E-state index contributed by atoms with van der Waals surface area (Å²) in [6.07, 6.45) is 0.729. The quantitative estimate of drug-likeness (QED) is 0.890. The van der Waals surface area contributed by atoms with Gasteiger partial charge in [-0.1, -0.05) is 29.8 Å². The average molecular weight is 346 g/mol. The predicted molar refractivity (Wildman–Crippen MR) is 95.9 cm³/mol. The molecule has 3 rings (SSSR count). The van der Waals surface area contributed by atoms with E-state index in [-0.39, 0.29) is 12.1 Å². The summed E-state index contributed by atoms with van der Waals surface area (Å²) in [6, 6.07) is 13.4. The molecule has 1 aliphatic heterocycles. The van der Waals surface area contributed by atoms with E-state index >= 15 is 0 Å². The van der Waals surface area contributed by atoms with Crippen LogP contribution >= 0.6 is 11.6 Å². The molecule has 6 heteroatoms. The number of guanidine groups is 1. The number of nitrogens with one attached hydrogen (secondary N) is 1.